The molecule has 0 atom stereocenters. The third-order valence-electron chi connectivity index (χ3n) is 2.09. The van der Waals surface area contributed by atoms with E-state index in [0.717, 1.165) is 23.1 Å². The molecular formula is C11H11N3O. The van der Waals surface area contributed by atoms with Crippen LogP contribution in [0.5, 0.6) is 0 Å². The number of para-hydroxylation sites is 2. The molecule has 1 aromatic heterocycles. The lowest BCUT2D eigenvalue weighted by molar-refractivity contribution is -0.117. The monoisotopic (exact) mass is 201 g/mol. The minimum atomic E-state index is 0.487. The predicted octanol–water partition coefficient (Wildman–Crippen LogP) is 1.22. The Morgan fingerprint density at radius 1 is 1.33 bits per heavy atom. The van der Waals surface area contributed by atoms with Gasteiger partial charge in [0.15, 0.2) is 0 Å². The van der Waals surface area contributed by atoms with Gasteiger partial charge in [-0.3, -0.25) is 9.78 Å². The molecule has 0 bridgehead atoms. The lowest BCUT2D eigenvalue weighted by Crippen LogP contribution is -2.16. The Morgan fingerprint density at radius 3 is 2.80 bits per heavy atom. The van der Waals surface area contributed by atoms with Gasteiger partial charge in [0.05, 0.1) is 29.5 Å². The molecule has 4 heteroatoms. The largest absolute Gasteiger partial charge is 0.342 e. The molecule has 0 saturated heterocycles. The first-order valence-corrected chi connectivity index (χ1v) is 4.66. The third kappa shape index (κ3) is 2.10. The average Bonchev–Trinajstić information content (AvgIpc) is 2.29. The smallest absolute Gasteiger partial charge is 0.209 e. The summed E-state index contributed by atoms with van der Waals surface area (Å²) in [6.45, 7) is 0.487. The second-order valence-electron chi connectivity index (χ2n) is 3.37. The first-order chi connectivity index (χ1) is 7.29. The zero-order valence-corrected chi connectivity index (χ0v) is 8.42. The first-order valence-electron chi connectivity index (χ1n) is 4.66. The summed E-state index contributed by atoms with van der Waals surface area (Å²) in [5, 5.41) is 0. The molecule has 76 valence electrons. The van der Waals surface area contributed by atoms with Crippen molar-refractivity contribution < 1.29 is 4.79 Å². The number of benzene rings is 1. The fourth-order valence-electron chi connectivity index (χ4n) is 1.36. The summed E-state index contributed by atoms with van der Waals surface area (Å²) in [5.74, 6) is 0. The van der Waals surface area contributed by atoms with Crippen LogP contribution in [0.2, 0.25) is 0 Å². The van der Waals surface area contributed by atoms with Crippen molar-refractivity contribution in [2.24, 2.45) is 0 Å². The summed E-state index contributed by atoms with van der Waals surface area (Å²) in [6.07, 6.45) is 2.47. The zero-order valence-electron chi connectivity index (χ0n) is 8.42. The highest BCUT2D eigenvalue weighted by Crippen LogP contribution is 2.08. The van der Waals surface area contributed by atoms with Gasteiger partial charge in [-0.05, 0) is 12.1 Å². The number of hydrogen-bond acceptors (Lipinski definition) is 3. The maximum absolute atomic E-state index is 10.5. The Morgan fingerprint density at radius 2 is 2.07 bits per heavy atom. The van der Waals surface area contributed by atoms with Gasteiger partial charge in [-0.2, -0.15) is 0 Å². The van der Waals surface area contributed by atoms with Crippen LogP contribution in [0.25, 0.3) is 11.0 Å². The molecule has 2 aromatic rings. The van der Waals surface area contributed by atoms with Crippen molar-refractivity contribution in [3.63, 3.8) is 0 Å². The Balaban J connectivity index is 2.34. The van der Waals surface area contributed by atoms with Gasteiger partial charge in [0, 0.05) is 7.05 Å². The quantitative estimate of drug-likeness (QED) is 0.701. The van der Waals surface area contributed by atoms with Crippen LogP contribution in [0, 0.1) is 0 Å². The van der Waals surface area contributed by atoms with Crippen LogP contribution in [-0.4, -0.2) is 28.3 Å². The highest BCUT2D eigenvalue weighted by molar-refractivity contribution is 5.73. The van der Waals surface area contributed by atoms with Crippen LogP contribution < -0.4 is 0 Å². The molecule has 1 heterocycles. The van der Waals surface area contributed by atoms with Gasteiger partial charge in [-0.25, -0.2) is 4.98 Å². The molecule has 1 aromatic carbocycles. The van der Waals surface area contributed by atoms with Crippen LogP contribution in [-0.2, 0) is 11.3 Å². The topological polar surface area (TPSA) is 46.1 Å². The molecule has 0 spiro atoms. The second-order valence-corrected chi connectivity index (χ2v) is 3.37. The lowest BCUT2D eigenvalue weighted by atomic mass is 10.3. The van der Waals surface area contributed by atoms with E-state index >= 15 is 0 Å². The number of aromatic nitrogens is 2. The maximum Gasteiger partial charge on any atom is 0.209 e. The maximum atomic E-state index is 10.5. The van der Waals surface area contributed by atoms with Crippen molar-refractivity contribution in [1.29, 1.82) is 0 Å². The molecule has 0 radical (unpaired) electrons. The van der Waals surface area contributed by atoms with E-state index in [1.54, 1.807) is 13.2 Å². The van der Waals surface area contributed by atoms with Gasteiger partial charge in [-0.15, -0.1) is 0 Å². The van der Waals surface area contributed by atoms with Gasteiger partial charge in [-0.1, -0.05) is 12.1 Å². The van der Waals surface area contributed by atoms with Gasteiger partial charge >= 0.3 is 0 Å². The van der Waals surface area contributed by atoms with Crippen molar-refractivity contribution in [3.8, 4) is 0 Å². The molecule has 0 aliphatic rings. The Kier molecular flexibility index (Phi) is 2.58. The Bertz CT molecular complexity index is 484. The van der Waals surface area contributed by atoms with Crippen molar-refractivity contribution in [1.82, 2.24) is 14.9 Å². The van der Waals surface area contributed by atoms with Crippen LogP contribution in [0.1, 0.15) is 5.69 Å². The van der Waals surface area contributed by atoms with Crippen LogP contribution >= 0.6 is 0 Å². The van der Waals surface area contributed by atoms with Crippen LogP contribution in [0.3, 0.4) is 0 Å². The van der Waals surface area contributed by atoms with Crippen LogP contribution in [0.15, 0.2) is 30.5 Å². The standard InChI is InChI=1S/C11H11N3O/c1-14(8-15)7-9-6-12-10-4-2-3-5-11(10)13-9/h2-6,8H,7H2,1H3. The summed E-state index contributed by atoms with van der Waals surface area (Å²) in [5.41, 5.74) is 2.52. The van der Waals surface area contributed by atoms with Gasteiger partial charge in [0.2, 0.25) is 6.41 Å². The van der Waals surface area contributed by atoms with E-state index in [2.05, 4.69) is 9.97 Å². The summed E-state index contributed by atoms with van der Waals surface area (Å²) in [6, 6.07) is 7.67. The average molecular weight is 201 g/mol. The fourth-order valence-corrected chi connectivity index (χ4v) is 1.36. The van der Waals surface area contributed by atoms with E-state index in [4.69, 9.17) is 0 Å². The van der Waals surface area contributed by atoms with E-state index in [0.29, 0.717) is 6.54 Å². The number of carbonyl (C=O) groups is 1. The van der Waals surface area contributed by atoms with Crippen molar-refractivity contribution in [2.75, 3.05) is 7.05 Å². The highest BCUT2D eigenvalue weighted by atomic mass is 16.1. The number of amides is 1. The predicted molar refractivity (Wildman–Crippen MR) is 57.1 cm³/mol. The van der Waals surface area contributed by atoms with E-state index in [1.165, 1.54) is 4.90 Å². The van der Waals surface area contributed by atoms with E-state index < -0.39 is 0 Å². The minimum Gasteiger partial charge on any atom is -0.342 e. The molecule has 0 saturated carbocycles. The summed E-state index contributed by atoms with van der Waals surface area (Å²) < 4.78 is 0. The molecule has 0 aliphatic carbocycles. The van der Waals surface area contributed by atoms with Crippen molar-refractivity contribution in [3.05, 3.63) is 36.2 Å². The van der Waals surface area contributed by atoms with Crippen molar-refractivity contribution >= 4 is 17.4 Å². The number of fused-ring (bicyclic) bond motifs is 1. The lowest BCUT2D eigenvalue weighted by Gasteiger charge is -2.09. The second kappa shape index (κ2) is 4.04. The molecule has 0 unspecified atom stereocenters. The molecule has 1 amide bonds. The van der Waals surface area contributed by atoms with E-state index in [1.807, 2.05) is 24.3 Å². The Hall–Kier alpha value is -1.97. The summed E-state index contributed by atoms with van der Waals surface area (Å²) >= 11 is 0. The fraction of sp³-hybridized carbons (Fsp3) is 0.182. The molecular weight excluding hydrogens is 190 g/mol. The molecule has 2 rings (SSSR count). The van der Waals surface area contributed by atoms with Gasteiger partial charge in [0.25, 0.3) is 0 Å². The number of nitrogens with zero attached hydrogens (tertiary/aromatic N) is 3. The number of hydrogen-bond donors (Lipinski definition) is 0. The first kappa shape index (κ1) is 9.58. The van der Waals surface area contributed by atoms with Gasteiger partial charge in [0.1, 0.15) is 0 Å². The number of carbonyl (C=O) groups excluding carboxylic acids is 1. The molecule has 0 fully saturated rings. The number of rotatable bonds is 3. The molecule has 4 nitrogen and oxygen atoms in total. The SMILES string of the molecule is CN(C=O)Cc1cnc2ccccc2n1. The Labute approximate surface area is 87.6 Å². The van der Waals surface area contributed by atoms with E-state index in [9.17, 15) is 4.79 Å². The molecule has 15 heavy (non-hydrogen) atoms. The third-order valence-corrected chi connectivity index (χ3v) is 2.09. The minimum absolute atomic E-state index is 0.487. The zero-order chi connectivity index (χ0) is 10.7. The molecule has 0 aliphatic heterocycles. The normalized spacial score (nSPS) is 10.2. The van der Waals surface area contributed by atoms with Crippen LogP contribution in [0.4, 0.5) is 0 Å². The highest BCUT2D eigenvalue weighted by Gasteiger charge is 2.01. The van der Waals surface area contributed by atoms with Crippen molar-refractivity contribution in [2.45, 2.75) is 6.54 Å². The molecule has 0 N–H and O–H groups in total. The summed E-state index contributed by atoms with van der Waals surface area (Å²) in [4.78, 5) is 20.6. The summed E-state index contributed by atoms with van der Waals surface area (Å²) in [7, 11) is 1.71. The van der Waals surface area contributed by atoms with Gasteiger partial charge < -0.3 is 4.90 Å². The van der Waals surface area contributed by atoms with E-state index in [-0.39, 0.29) is 0 Å².